The van der Waals surface area contributed by atoms with Gasteiger partial charge in [-0.15, -0.1) is 6.42 Å². The molecule has 0 radical (unpaired) electrons. The first-order chi connectivity index (χ1) is 11.6. The van der Waals surface area contributed by atoms with E-state index in [1.54, 1.807) is 0 Å². The molecule has 3 heteroatoms. The summed E-state index contributed by atoms with van der Waals surface area (Å²) in [6.45, 7) is 2.15. The molecular formula is C21H25NO2. The van der Waals surface area contributed by atoms with Gasteiger partial charge < -0.3 is 10.3 Å². The van der Waals surface area contributed by atoms with Crippen LogP contribution in [0.2, 0.25) is 0 Å². The number of rotatable bonds is 1. The second kappa shape index (κ2) is 5.36. The summed E-state index contributed by atoms with van der Waals surface area (Å²) in [5, 5.41) is 23.5. The topological polar surface area (TPSA) is 52.8 Å². The largest absolute Gasteiger partial charge is 0.411 e. The monoisotopic (exact) mass is 323 g/mol. The molecule has 4 aliphatic rings. The highest BCUT2D eigenvalue weighted by atomic mass is 16.4. The summed E-state index contributed by atoms with van der Waals surface area (Å²) in [6, 6.07) is 0. The van der Waals surface area contributed by atoms with Crippen LogP contribution in [0.5, 0.6) is 0 Å². The summed E-state index contributed by atoms with van der Waals surface area (Å²) in [4.78, 5) is 0. The van der Waals surface area contributed by atoms with Crippen LogP contribution >= 0.6 is 0 Å². The second-order valence-corrected chi connectivity index (χ2v) is 7.72. The average molecular weight is 323 g/mol. The summed E-state index contributed by atoms with van der Waals surface area (Å²) < 4.78 is 0. The highest BCUT2D eigenvalue weighted by molar-refractivity contribution is 5.97. The van der Waals surface area contributed by atoms with Crippen molar-refractivity contribution in [2.24, 2.45) is 22.4 Å². The van der Waals surface area contributed by atoms with Gasteiger partial charge >= 0.3 is 0 Å². The lowest BCUT2D eigenvalue weighted by Gasteiger charge is -2.48. The third-order valence-corrected chi connectivity index (χ3v) is 7.08. The van der Waals surface area contributed by atoms with Crippen molar-refractivity contribution >= 4 is 5.71 Å². The molecule has 24 heavy (non-hydrogen) atoms. The fourth-order valence-corrected chi connectivity index (χ4v) is 5.84. The standard InChI is InChI=1S/C21H25NO2/c1-3-20-11-9-17-16-8-6-15(22-24)13-14(16)5-7-18(17)19(20)10-12-21(20,23)4-2/h2,9,11,13,18-19,23-24H,3,5-8,10,12H2,1H3/b22-15-/t18-,19+,20?,21?/m1/s1. The van der Waals surface area contributed by atoms with Gasteiger partial charge in [-0.05, 0) is 79.6 Å². The molecule has 0 amide bonds. The van der Waals surface area contributed by atoms with Crippen molar-refractivity contribution in [3.63, 3.8) is 0 Å². The third kappa shape index (κ3) is 1.87. The van der Waals surface area contributed by atoms with Gasteiger partial charge in [-0.25, -0.2) is 0 Å². The minimum atomic E-state index is -1.00. The van der Waals surface area contributed by atoms with Crippen molar-refractivity contribution in [3.8, 4) is 12.3 Å². The molecule has 0 heterocycles. The molecule has 2 unspecified atom stereocenters. The van der Waals surface area contributed by atoms with E-state index in [-0.39, 0.29) is 5.41 Å². The van der Waals surface area contributed by atoms with Gasteiger partial charge in [-0.2, -0.15) is 0 Å². The summed E-state index contributed by atoms with van der Waals surface area (Å²) >= 11 is 0. The Labute approximate surface area is 143 Å². The van der Waals surface area contributed by atoms with Crippen LogP contribution in [0.3, 0.4) is 0 Å². The molecule has 0 saturated heterocycles. The molecule has 1 fully saturated rings. The van der Waals surface area contributed by atoms with Gasteiger partial charge in [0.2, 0.25) is 0 Å². The Morgan fingerprint density at radius 1 is 1.33 bits per heavy atom. The molecule has 0 bridgehead atoms. The molecule has 1 saturated carbocycles. The normalized spacial score (nSPS) is 42.2. The summed E-state index contributed by atoms with van der Waals surface area (Å²) in [5.41, 5.74) is 3.73. The lowest BCUT2D eigenvalue weighted by molar-refractivity contribution is -0.0149. The zero-order valence-corrected chi connectivity index (χ0v) is 14.3. The second-order valence-electron chi connectivity index (χ2n) is 7.72. The van der Waals surface area contributed by atoms with Gasteiger partial charge in [0.05, 0.1) is 5.71 Å². The Morgan fingerprint density at radius 3 is 2.88 bits per heavy atom. The first-order valence-electron chi connectivity index (χ1n) is 9.13. The Balaban J connectivity index is 1.83. The summed E-state index contributed by atoms with van der Waals surface area (Å²) in [6.07, 6.45) is 18.8. The van der Waals surface area contributed by atoms with Gasteiger partial charge in [-0.1, -0.05) is 30.2 Å². The van der Waals surface area contributed by atoms with Crippen molar-refractivity contribution in [3.05, 3.63) is 34.9 Å². The van der Waals surface area contributed by atoms with Crippen LogP contribution in [0.15, 0.2) is 40.1 Å². The molecular weight excluding hydrogens is 298 g/mol. The van der Waals surface area contributed by atoms with Gasteiger partial charge in [0.15, 0.2) is 0 Å². The Hall–Kier alpha value is -1.79. The SMILES string of the molecule is C#CC1(O)CC[C@H]2[C@@H]3CCC4=C/C(=N\O)CCC4=C3C=CC21CC. The minimum Gasteiger partial charge on any atom is -0.411 e. The zero-order valence-electron chi connectivity index (χ0n) is 14.3. The lowest BCUT2D eigenvalue weighted by Crippen LogP contribution is -2.48. The van der Waals surface area contributed by atoms with Gasteiger partial charge in [0.1, 0.15) is 5.60 Å². The van der Waals surface area contributed by atoms with Crippen LogP contribution in [0.1, 0.15) is 51.9 Å². The van der Waals surface area contributed by atoms with Crippen LogP contribution < -0.4 is 0 Å². The molecule has 2 N–H and O–H groups in total. The quantitative estimate of drug-likeness (QED) is 0.435. The van der Waals surface area contributed by atoms with Crippen molar-refractivity contribution in [2.45, 2.75) is 57.5 Å². The van der Waals surface area contributed by atoms with E-state index >= 15 is 0 Å². The molecule has 0 aromatic rings. The highest BCUT2D eigenvalue weighted by Gasteiger charge is 2.60. The van der Waals surface area contributed by atoms with Gasteiger partial charge in [0.25, 0.3) is 0 Å². The van der Waals surface area contributed by atoms with E-state index in [0.29, 0.717) is 18.3 Å². The maximum atomic E-state index is 11.1. The van der Waals surface area contributed by atoms with Crippen LogP contribution in [0, 0.1) is 29.6 Å². The van der Waals surface area contributed by atoms with Crippen LogP contribution in [0.25, 0.3) is 0 Å². The van der Waals surface area contributed by atoms with Crippen molar-refractivity contribution in [2.75, 3.05) is 0 Å². The molecule has 4 rings (SSSR count). The fourth-order valence-electron chi connectivity index (χ4n) is 5.84. The number of hydrogen-bond donors (Lipinski definition) is 2. The first-order valence-corrected chi connectivity index (χ1v) is 9.13. The minimum absolute atomic E-state index is 0.274. The summed E-state index contributed by atoms with van der Waals surface area (Å²) in [7, 11) is 0. The van der Waals surface area contributed by atoms with E-state index in [1.165, 1.54) is 16.7 Å². The molecule has 126 valence electrons. The molecule has 0 aromatic carbocycles. The molecule has 0 aliphatic heterocycles. The van der Waals surface area contributed by atoms with E-state index < -0.39 is 5.60 Å². The van der Waals surface area contributed by atoms with E-state index in [1.807, 2.05) is 0 Å². The van der Waals surface area contributed by atoms with Crippen LogP contribution in [0.4, 0.5) is 0 Å². The predicted octanol–water partition coefficient (Wildman–Crippen LogP) is 3.98. The smallest absolute Gasteiger partial charge is 0.134 e. The van der Waals surface area contributed by atoms with Gasteiger partial charge in [0, 0.05) is 5.41 Å². The van der Waals surface area contributed by atoms with E-state index in [9.17, 15) is 5.11 Å². The fraction of sp³-hybridized carbons (Fsp3) is 0.571. The average Bonchev–Trinajstić information content (AvgIpc) is 2.94. The Morgan fingerprint density at radius 2 is 2.17 bits per heavy atom. The number of oxime groups is 1. The highest BCUT2D eigenvalue weighted by Crippen LogP contribution is 2.62. The predicted molar refractivity (Wildman–Crippen MR) is 94.7 cm³/mol. The summed E-state index contributed by atoms with van der Waals surface area (Å²) in [5.74, 6) is 3.66. The third-order valence-electron chi connectivity index (χ3n) is 7.08. The number of allylic oxidation sites excluding steroid dienone is 5. The van der Waals surface area contributed by atoms with Crippen molar-refractivity contribution in [1.82, 2.24) is 0 Å². The van der Waals surface area contributed by atoms with Crippen LogP contribution in [-0.2, 0) is 0 Å². The number of fused-ring (bicyclic) bond motifs is 4. The number of nitrogens with zero attached hydrogens (tertiary/aromatic N) is 1. The molecule has 0 aromatic heterocycles. The van der Waals surface area contributed by atoms with Crippen molar-refractivity contribution in [1.29, 1.82) is 0 Å². The number of terminal acetylenes is 1. The zero-order chi connectivity index (χ0) is 16.9. The molecule has 4 aliphatic carbocycles. The van der Waals surface area contributed by atoms with Gasteiger partial charge in [-0.3, -0.25) is 0 Å². The number of hydrogen-bond acceptors (Lipinski definition) is 3. The van der Waals surface area contributed by atoms with E-state index in [4.69, 9.17) is 11.6 Å². The molecule has 0 spiro atoms. The van der Waals surface area contributed by atoms with E-state index in [2.05, 4.69) is 36.2 Å². The molecule has 4 atom stereocenters. The van der Waals surface area contributed by atoms with Crippen LogP contribution in [-0.4, -0.2) is 21.6 Å². The molecule has 3 nitrogen and oxygen atoms in total. The Bertz CT molecular complexity index is 735. The Kier molecular flexibility index (Phi) is 3.51. The van der Waals surface area contributed by atoms with Crippen molar-refractivity contribution < 1.29 is 10.3 Å². The number of aliphatic hydroxyl groups is 1. The van der Waals surface area contributed by atoms with E-state index in [0.717, 1.165) is 44.2 Å². The lowest BCUT2D eigenvalue weighted by atomic mass is 9.56. The maximum absolute atomic E-state index is 11.1. The first kappa shape index (κ1) is 15.7. The maximum Gasteiger partial charge on any atom is 0.134 e.